The highest BCUT2D eigenvalue weighted by molar-refractivity contribution is 5.70. The molecule has 0 aliphatic rings. The number of nitrogens with one attached hydrogen (secondary N) is 1. The Labute approximate surface area is 123 Å². The van der Waals surface area contributed by atoms with Crippen molar-refractivity contribution in [3.05, 3.63) is 53.6 Å². The topological polar surface area (TPSA) is 21.3 Å². The van der Waals surface area contributed by atoms with Gasteiger partial charge in [0.1, 0.15) is 17.4 Å². The third-order valence-corrected chi connectivity index (χ3v) is 3.27. The molecule has 0 aromatic heterocycles. The summed E-state index contributed by atoms with van der Waals surface area (Å²) in [6, 6.07) is 9.13. The molecule has 0 unspecified atom stereocenters. The fourth-order valence-corrected chi connectivity index (χ4v) is 2.16. The summed E-state index contributed by atoms with van der Waals surface area (Å²) in [5.74, 6) is -0.157. The van der Waals surface area contributed by atoms with E-state index in [1.165, 1.54) is 25.3 Å². The molecule has 0 aliphatic carbocycles. The van der Waals surface area contributed by atoms with Crippen LogP contribution in [-0.4, -0.2) is 13.7 Å². The average Bonchev–Trinajstić information content (AvgIpc) is 2.49. The number of rotatable bonds is 6. The van der Waals surface area contributed by atoms with Crippen molar-refractivity contribution in [3.63, 3.8) is 0 Å². The van der Waals surface area contributed by atoms with Crippen LogP contribution in [0.4, 0.5) is 8.78 Å². The molecule has 2 nitrogen and oxygen atoms in total. The van der Waals surface area contributed by atoms with Crippen LogP contribution in [0.15, 0.2) is 36.4 Å². The zero-order chi connectivity index (χ0) is 15.2. The van der Waals surface area contributed by atoms with E-state index in [1.807, 2.05) is 0 Å². The molecule has 0 aliphatic heterocycles. The Balaban J connectivity index is 2.29. The van der Waals surface area contributed by atoms with Crippen molar-refractivity contribution in [1.82, 2.24) is 5.32 Å². The van der Waals surface area contributed by atoms with Gasteiger partial charge in [-0.1, -0.05) is 19.1 Å². The highest BCUT2D eigenvalue weighted by Crippen LogP contribution is 2.31. The number of hydrogen-bond acceptors (Lipinski definition) is 2. The SMILES string of the molecule is CCCNCc1ccc(-c2cc(F)ccc2OC)cc1F. The molecule has 2 aromatic carbocycles. The third kappa shape index (κ3) is 3.79. The van der Waals surface area contributed by atoms with E-state index in [2.05, 4.69) is 12.2 Å². The minimum Gasteiger partial charge on any atom is -0.496 e. The number of ether oxygens (including phenoxy) is 1. The van der Waals surface area contributed by atoms with E-state index < -0.39 is 0 Å². The van der Waals surface area contributed by atoms with Crippen LogP contribution in [0, 0.1) is 11.6 Å². The van der Waals surface area contributed by atoms with Gasteiger partial charge in [0, 0.05) is 17.7 Å². The van der Waals surface area contributed by atoms with Gasteiger partial charge in [-0.15, -0.1) is 0 Å². The highest BCUT2D eigenvalue weighted by Gasteiger charge is 2.10. The first-order valence-corrected chi connectivity index (χ1v) is 6.98. The molecule has 0 bridgehead atoms. The zero-order valence-electron chi connectivity index (χ0n) is 12.2. The Hall–Kier alpha value is -1.94. The molecular formula is C17H19F2NO. The number of methoxy groups -OCH3 is 1. The van der Waals surface area contributed by atoms with E-state index in [0.717, 1.165) is 13.0 Å². The first-order valence-electron chi connectivity index (χ1n) is 6.98. The van der Waals surface area contributed by atoms with E-state index >= 15 is 0 Å². The van der Waals surface area contributed by atoms with Gasteiger partial charge in [-0.3, -0.25) is 0 Å². The molecule has 0 saturated heterocycles. The second-order valence-electron chi connectivity index (χ2n) is 4.83. The summed E-state index contributed by atoms with van der Waals surface area (Å²) in [5, 5.41) is 3.16. The number of benzene rings is 2. The van der Waals surface area contributed by atoms with Crippen LogP contribution < -0.4 is 10.1 Å². The summed E-state index contributed by atoms with van der Waals surface area (Å²) in [6.45, 7) is 3.39. The maximum absolute atomic E-state index is 14.1. The molecule has 21 heavy (non-hydrogen) atoms. The van der Waals surface area contributed by atoms with Crippen molar-refractivity contribution in [2.75, 3.05) is 13.7 Å². The van der Waals surface area contributed by atoms with Crippen LogP contribution >= 0.6 is 0 Å². The van der Waals surface area contributed by atoms with Gasteiger partial charge in [0.15, 0.2) is 0 Å². The van der Waals surface area contributed by atoms with E-state index in [0.29, 0.717) is 29.0 Å². The lowest BCUT2D eigenvalue weighted by atomic mass is 10.0. The summed E-state index contributed by atoms with van der Waals surface area (Å²) in [4.78, 5) is 0. The number of hydrogen-bond donors (Lipinski definition) is 1. The van der Waals surface area contributed by atoms with E-state index in [1.54, 1.807) is 18.2 Å². The highest BCUT2D eigenvalue weighted by atomic mass is 19.1. The molecular weight excluding hydrogens is 272 g/mol. The lowest BCUT2D eigenvalue weighted by Crippen LogP contribution is -2.14. The van der Waals surface area contributed by atoms with Gasteiger partial charge in [0.05, 0.1) is 7.11 Å². The van der Waals surface area contributed by atoms with E-state index in [-0.39, 0.29) is 11.6 Å². The lowest BCUT2D eigenvalue weighted by molar-refractivity contribution is 0.415. The van der Waals surface area contributed by atoms with Gasteiger partial charge in [-0.2, -0.15) is 0 Å². The Bertz CT molecular complexity index is 614. The molecule has 4 heteroatoms. The van der Waals surface area contributed by atoms with Crippen LogP contribution in [0.1, 0.15) is 18.9 Å². The van der Waals surface area contributed by atoms with Gasteiger partial charge in [0.2, 0.25) is 0 Å². The van der Waals surface area contributed by atoms with Crippen LogP contribution in [-0.2, 0) is 6.54 Å². The predicted molar refractivity (Wildman–Crippen MR) is 80.3 cm³/mol. The Kier molecular flexibility index (Phi) is 5.28. The van der Waals surface area contributed by atoms with Gasteiger partial charge in [-0.05, 0) is 42.8 Å². The molecule has 0 amide bonds. The Morgan fingerprint density at radius 1 is 1.10 bits per heavy atom. The van der Waals surface area contributed by atoms with Crippen molar-refractivity contribution in [2.45, 2.75) is 19.9 Å². The third-order valence-electron chi connectivity index (χ3n) is 3.27. The summed E-state index contributed by atoms with van der Waals surface area (Å²) in [5.41, 5.74) is 1.75. The quantitative estimate of drug-likeness (QED) is 0.808. The molecule has 0 atom stereocenters. The summed E-state index contributed by atoms with van der Waals surface area (Å²) in [6.07, 6.45) is 1.00. The Morgan fingerprint density at radius 3 is 2.57 bits per heavy atom. The fourth-order valence-electron chi connectivity index (χ4n) is 2.16. The second kappa shape index (κ2) is 7.18. The standard InChI is InChI=1S/C17H19F2NO/c1-3-8-20-11-13-5-4-12(9-16(13)19)15-10-14(18)6-7-17(15)21-2/h4-7,9-10,20H,3,8,11H2,1-2H3. The lowest BCUT2D eigenvalue weighted by Gasteiger charge is -2.11. The maximum atomic E-state index is 14.1. The van der Waals surface area contributed by atoms with Crippen LogP contribution in [0.25, 0.3) is 11.1 Å². The van der Waals surface area contributed by atoms with Crippen molar-refractivity contribution in [2.24, 2.45) is 0 Å². The molecule has 2 rings (SSSR count). The normalized spacial score (nSPS) is 10.7. The molecule has 112 valence electrons. The smallest absolute Gasteiger partial charge is 0.128 e. The molecule has 1 N–H and O–H groups in total. The molecule has 0 fully saturated rings. The largest absolute Gasteiger partial charge is 0.496 e. The number of halogens is 2. The molecule has 0 heterocycles. The van der Waals surface area contributed by atoms with Gasteiger partial charge in [0.25, 0.3) is 0 Å². The zero-order valence-corrected chi connectivity index (χ0v) is 12.2. The van der Waals surface area contributed by atoms with E-state index in [4.69, 9.17) is 4.74 Å². The van der Waals surface area contributed by atoms with E-state index in [9.17, 15) is 8.78 Å². The molecule has 0 radical (unpaired) electrons. The minimum absolute atomic E-state index is 0.303. The maximum Gasteiger partial charge on any atom is 0.128 e. The van der Waals surface area contributed by atoms with Crippen LogP contribution in [0.5, 0.6) is 5.75 Å². The summed E-state index contributed by atoms with van der Waals surface area (Å²) < 4.78 is 32.7. The Morgan fingerprint density at radius 2 is 1.90 bits per heavy atom. The van der Waals surface area contributed by atoms with Gasteiger partial charge < -0.3 is 10.1 Å². The van der Waals surface area contributed by atoms with Crippen molar-refractivity contribution >= 4 is 0 Å². The van der Waals surface area contributed by atoms with Crippen LogP contribution in [0.2, 0.25) is 0 Å². The first-order chi connectivity index (χ1) is 10.2. The fraction of sp³-hybridized carbons (Fsp3) is 0.294. The van der Waals surface area contributed by atoms with Crippen LogP contribution in [0.3, 0.4) is 0 Å². The first kappa shape index (κ1) is 15.4. The average molecular weight is 291 g/mol. The molecule has 0 saturated carbocycles. The molecule has 0 spiro atoms. The second-order valence-corrected chi connectivity index (χ2v) is 4.83. The van der Waals surface area contributed by atoms with Crippen molar-refractivity contribution in [1.29, 1.82) is 0 Å². The van der Waals surface area contributed by atoms with Gasteiger partial charge >= 0.3 is 0 Å². The summed E-state index contributed by atoms with van der Waals surface area (Å²) >= 11 is 0. The summed E-state index contributed by atoms with van der Waals surface area (Å²) in [7, 11) is 1.51. The van der Waals surface area contributed by atoms with Crippen molar-refractivity contribution in [3.8, 4) is 16.9 Å². The monoisotopic (exact) mass is 291 g/mol. The predicted octanol–water partition coefficient (Wildman–Crippen LogP) is 4.14. The van der Waals surface area contributed by atoms with Gasteiger partial charge in [-0.25, -0.2) is 8.78 Å². The minimum atomic E-state index is -0.375. The molecule has 2 aromatic rings. The van der Waals surface area contributed by atoms with Crippen molar-refractivity contribution < 1.29 is 13.5 Å².